The number of aliphatic hydroxyl groups excluding tert-OH is 1. The molecule has 0 saturated heterocycles. The number of aliphatic hydroxyl groups is 1. The molecule has 0 radical (unpaired) electrons. The van der Waals surface area contributed by atoms with E-state index in [1.54, 1.807) is 6.07 Å². The van der Waals surface area contributed by atoms with Crippen molar-refractivity contribution in [2.45, 2.75) is 57.5 Å². The van der Waals surface area contributed by atoms with Crippen molar-refractivity contribution in [2.75, 3.05) is 0 Å². The summed E-state index contributed by atoms with van der Waals surface area (Å²) >= 11 is 3.38. The highest BCUT2D eigenvalue weighted by Gasteiger charge is 2.21. The zero-order valence-electron chi connectivity index (χ0n) is 11.2. The molecule has 1 aliphatic carbocycles. The maximum atomic E-state index is 13.0. The van der Waals surface area contributed by atoms with Crippen molar-refractivity contribution in [3.05, 3.63) is 34.1 Å². The first-order valence-electron chi connectivity index (χ1n) is 7.29. The van der Waals surface area contributed by atoms with Crippen LogP contribution in [0.5, 0.6) is 0 Å². The quantitative estimate of drug-likeness (QED) is 0.840. The summed E-state index contributed by atoms with van der Waals surface area (Å²) in [6.07, 6.45) is 8.95. The minimum absolute atomic E-state index is 0.240. The highest BCUT2D eigenvalue weighted by atomic mass is 79.9. The van der Waals surface area contributed by atoms with Crippen LogP contribution in [-0.2, 0) is 6.42 Å². The van der Waals surface area contributed by atoms with E-state index in [1.807, 2.05) is 0 Å². The normalized spacial score (nSPS) is 19.7. The summed E-state index contributed by atoms with van der Waals surface area (Å²) in [6.45, 7) is 0. The molecule has 1 saturated carbocycles. The van der Waals surface area contributed by atoms with Gasteiger partial charge < -0.3 is 5.11 Å². The molecule has 2 rings (SSSR count). The topological polar surface area (TPSA) is 20.2 Å². The predicted molar refractivity (Wildman–Crippen MR) is 79.6 cm³/mol. The average molecular weight is 329 g/mol. The lowest BCUT2D eigenvalue weighted by Crippen LogP contribution is -2.24. The minimum atomic E-state index is -0.306. The summed E-state index contributed by atoms with van der Waals surface area (Å²) in [6, 6.07) is 4.71. The van der Waals surface area contributed by atoms with Crippen LogP contribution in [0.3, 0.4) is 0 Å². The van der Waals surface area contributed by atoms with Gasteiger partial charge in [0.2, 0.25) is 0 Å². The fourth-order valence-corrected chi connectivity index (χ4v) is 3.46. The molecule has 0 bridgehead atoms. The van der Waals surface area contributed by atoms with Crippen LogP contribution in [0, 0.1) is 11.7 Å². The Balaban J connectivity index is 1.96. The largest absolute Gasteiger partial charge is 0.392 e. The van der Waals surface area contributed by atoms with Crippen LogP contribution < -0.4 is 0 Å². The third-order valence-corrected chi connectivity index (χ3v) is 4.88. The van der Waals surface area contributed by atoms with Gasteiger partial charge in [0.25, 0.3) is 0 Å². The van der Waals surface area contributed by atoms with Crippen molar-refractivity contribution in [2.24, 2.45) is 5.92 Å². The summed E-state index contributed by atoms with van der Waals surface area (Å²) in [5.74, 6) is 0.160. The number of hydrogen-bond donors (Lipinski definition) is 1. The van der Waals surface area contributed by atoms with Crippen LogP contribution in [0.25, 0.3) is 0 Å². The van der Waals surface area contributed by atoms with Gasteiger partial charge in [-0.05, 0) is 42.9 Å². The van der Waals surface area contributed by atoms with Crippen LogP contribution >= 0.6 is 15.9 Å². The maximum absolute atomic E-state index is 13.0. The molecule has 1 aromatic rings. The summed E-state index contributed by atoms with van der Waals surface area (Å²) in [5, 5.41) is 10.4. The van der Waals surface area contributed by atoms with Gasteiger partial charge in [-0.15, -0.1) is 0 Å². The van der Waals surface area contributed by atoms with Gasteiger partial charge in [-0.1, -0.05) is 54.1 Å². The Labute approximate surface area is 123 Å². The molecule has 1 nitrogen and oxygen atoms in total. The number of halogens is 2. The van der Waals surface area contributed by atoms with E-state index >= 15 is 0 Å². The molecule has 1 aliphatic rings. The van der Waals surface area contributed by atoms with E-state index in [0.717, 1.165) is 22.9 Å². The molecule has 0 aromatic heterocycles. The Hall–Kier alpha value is -0.410. The molecule has 1 N–H and O–H groups in total. The first kappa shape index (κ1) is 15.0. The molecule has 0 spiro atoms. The molecule has 1 unspecified atom stereocenters. The molecule has 3 heteroatoms. The standard InChI is InChI=1S/C16H22BrFO/c17-15-11-14(18)9-8-13(15)10-16(19)12-6-4-2-1-3-5-7-12/h8-9,11-12,16,19H,1-7,10H2. The van der Waals surface area contributed by atoms with Crippen molar-refractivity contribution in [3.8, 4) is 0 Å². The third-order valence-electron chi connectivity index (χ3n) is 4.14. The highest BCUT2D eigenvalue weighted by Crippen LogP contribution is 2.28. The lowest BCUT2D eigenvalue weighted by atomic mass is 9.85. The van der Waals surface area contributed by atoms with Crippen molar-refractivity contribution < 1.29 is 9.50 Å². The maximum Gasteiger partial charge on any atom is 0.124 e. The monoisotopic (exact) mass is 328 g/mol. The summed E-state index contributed by atoms with van der Waals surface area (Å²) in [7, 11) is 0. The summed E-state index contributed by atoms with van der Waals surface area (Å²) in [5.41, 5.74) is 0.996. The molecular weight excluding hydrogens is 307 g/mol. The molecule has 0 heterocycles. The van der Waals surface area contributed by atoms with E-state index in [2.05, 4.69) is 15.9 Å². The van der Waals surface area contributed by atoms with E-state index in [9.17, 15) is 9.50 Å². The number of rotatable bonds is 3. The van der Waals surface area contributed by atoms with Crippen molar-refractivity contribution in [1.29, 1.82) is 0 Å². The van der Waals surface area contributed by atoms with Gasteiger partial charge in [-0.2, -0.15) is 0 Å². The zero-order valence-corrected chi connectivity index (χ0v) is 12.8. The average Bonchev–Trinajstić information content (AvgIpc) is 2.32. The Morgan fingerprint density at radius 3 is 2.42 bits per heavy atom. The molecular formula is C16H22BrFO. The Morgan fingerprint density at radius 2 is 1.79 bits per heavy atom. The van der Waals surface area contributed by atoms with E-state index < -0.39 is 0 Å². The SMILES string of the molecule is OC(Cc1ccc(F)cc1Br)C1CCCCCCC1. The fraction of sp³-hybridized carbons (Fsp3) is 0.625. The van der Waals surface area contributed by atoms with Gasteiger partial charge >= 0.3 is 0 Å². The smallest absolute Gasteiger partial charge is 0.124 e. The third kappa shape index (κ3) is 4.57. The molecule has 19 heavy (non-hydrogen) atoms. The second-order valence-electron chi connectivity index (χ2n) is 5.61. The van der Waals surface area contributed by atoms with Crippen LogP contribution in [-0.4, -0.2) is 11.2 Å². The van der Waals surface area contributed by atoms with Crippen LogP contribution in [0.2, 0.25) is 0 Å². The van der Waals surface area contributed by atoms with Crippen LogP contribution in [0.1, 0.15) is 50.5 Å². The van der Waals surface area contributed by atoms with Gasteiger partial charge in [-0.3, -0.25) is 0 Å². The lowest BCUT2D eigenvalue weighted by Gasteiger charge is -2.25. The van der Waals surface area contributed by atoms with Crippen LogP contribution in [0.15, 0.2) is 22.7 Å². The van der Waals surface area contributed by atoms with Gasteiger partial charge in [0.1, 0.15) is 5.82 Å². The van der Waals surface area contributed by atoms with Gasteiger partial charge in [0.15, 0.2) is 0 Å². The predicted octanol–water partition coefficient (Wildman–Crippen LogP) is 4.85. The minimum Gasteiger partial charge on any atom is -0.392 e. The van der Waals surface area contributed by atoms with Gasteiger partial charge in [0, 0.05) is 4.47 Å². The number of hydrogen-bond acceptors (Lipinski definition) is 1. The Morgan fingerprint density at radius 1 is 1.16 bits per heavy atom. The highest BCUT2D eigenvalue weighted by molar-refractivity contribution is 9.10. The first-order valence-corrected chi connectivity index (χ1v) is 8.08. The summed E-state index contributed by atoms with van der Waals surface area (Å²) < 4.78 is 13.8. The van der Waals surface area contributed by atoms with Gasteiger partial charge in [0.05, 0.1) is 6.10 Å². The molecule has 1 aromatic carbocycles. The molecule has 1 fully saturated rings. The van der Waals surface area contributed by atoms with Crippen molar-refractivity contribution in [1.82, 2.24) is 0 Å². The van der Waals surface area contributed by atoms with Crippen molar-refractivity contribution in [3.63, 3.8) is 0 Å². The van der Waals surface area contributed by atoms with E-state index in [0.29, 0.717) is 12.3 Å². The van der Waals surface area contributed by atoms with Crippen molar-refractivity contribution >= 4 is 15.9 Å². The summed E-state index contributed by atoms with van der Waals surface area (Å²) in [4.78, 5) is 0. The van der Waals surface area contributed by atoms with E-state index in [1.165, 1.54) is 44.2 Å². The Bertz CT molecular complexity index is 400. The lowest BCUT2D eigenvalue weighted by molar-refractivity contribution is 0.0912. The van der Waals surface area contributed by atoms with Gasteiger partial charge in [-0.25, -0.2) is 4.39 Å². The fourth-order valence-electron chi connectivity index (χ4n) is 2.95. The molecule has 0 aliphatic heterocycles. The second-order valence-corrected chi connectivity index (χ2v) is 6.47. The van der Waals surface area contributed by atoms with Crippen LogP contribution in [0.4, 0.5) is 4.39 Å². The molecule has 106 valence electrons. The van der Waals surface area contributed by atoms with E-state index in [4.69, 9.17) is 0 Å². The second kappa shape index (κ2) is 7.39. The first-order chi connectivity index (χ1) is 9.16. The van der Waals surface area contributed by atoms with E-state index in [-0.39, 0.29) is 11.9 Å². The Kier molecular flexibility index (Phi) is 5.83. The molecule has 1 atom stereocenters. The zero-order chi connectivity index (χ0) is 13.7. The number of benzene rings is 1. The molecule has 0 amide bonds.